The topological polar surface area (TPSA) is 44.5 Å². The molecule has 0 bridgehead atoms. The van der Waals surface area contributed by atoms with Gasteiger partial charge in [0.1, 0.15) is 0 Å². The molecule has 1 saturated heterocycles. The molecule has 3 nitrogen and oxygen atoms in total. The second-order valence-electron chi connectivity index (χ2n) is 7.88. The van der Waals surface area contributed by atoms with Gasteiger partial charge in [0.15, 0.2) is 0 Å². The Kier molecular flexibility index (Phi) is 3.10. The molecule has 4 rings (SSSR count). The number of hydrogen-bond donors (Lipinski definition) is 1. The van der Waals surface area contributed by atoms with Crippen molar-refractivity contribution >= 4 is 29.0 Å². The summed E-state index contributed by atoms with van der Waals surface area (Å²) >= 11 is 0. The minimum absolute atomic E-state index is 0.352. The Morgan fingerprint density at radius 2 is 1.57 bits per heavy atom. The molecule has 0 aromatic heterocycles. The van der Waals surface area contributed by atoms with E-state index >= 15 is 0 Å². The van der Waals surface area contributed by atoms with Crippen molar-refractivity contribution in [2.45, 2.75) is 57.7 Å². The van der Waals surface area contributed by atoms with Crippen LogP contribution in [0.25, 0.3) is 10.8 Å². The molecule has 2 aliphatic rings. The molecule has 0 spiro atoms. The van der Waals surface area contributed by atoms with Gasteiger partial charge < -0.3 is 15.0 Å². The molecule has 1 aliphatic carbocycles. The molecule has 120 valence electrons. The highest BCUT2D eigenvalue weighted by Gasteiger charge is 2.52. The lowest BCUT2D eigenvalue weighted by molar-refractivity contribution is 0.00578. The molecule has 1 aliphatic heterocycles. The van der Waals surface area contributed by atoms with Crippen molar-refractivity contribution in [3.05, 3.63) is 35.9 Å². The van der Waals surface area contributed by atoms with Gasteiger partial charge in [-0.3, -0.25) is 0 Å². The fourth-order valence-corrected chi connectivity index (χ4v) is 3.35. The fraction of sp³-hybridized carbons (Fsp3) is 0.474. The van der Waals surface area contributed by atoms with Gasteiger partial charge in [0.25, 0.3) is 0 Å². The molecule has 2 aromatic carbocycles. The third kappa shape index (κ3) is 2.27. The minimum Gasteiger partial charge on any atom is -0.399 e. The molecular weight excluding hydrogens is 285 g/mol. The first-order chi connectivity index (χ1) is 10.8. The highest BCUT2D eigenvalue weighted by molar-refractivity contribution is 6.64. The molecule has 23 heavy (non-hydrogen) atoms. The van der Waals surface area contributed by atoms with Gasteiger partial charge in [-0.15, -0.1) is 0 Å². The van der Waals surface area contributed by atoms with Gasteiger partial charge in [0.05, 0.1) is 11.2 Å². The van der Waals surface area contributed by atoms with E-state index in [2.05, 4.69) is 52.0 Å². The van der Waals surface area contributed by atoms with Crippen LogP contribution in [0.2, 0.25) is 0 Å². The Balaban J connectivity index is 1.87. The Morgan fingerprint density at radius 1 is 1.00 bits per heavy atom. The van der Waals surface area contributed by atoms with Crippen molar-refractivity contribution in [3.8, 4) is 0 Å². The van der Waals surface area contributed by atoms with Gasteiger partial charge in [-0.1, -0.05) is 30.3 Å². The van der Waals surface area contributed by atoms with Crippen LogP contribution in [-0.2, 0) is 9.31 Å². The zero-order valence-corrected chi connectivity index (χ0v) is 14.3. The maximum Gasteiger partial charge on any atom is 0.496 e. The van der Waals surface area contributed by atoms with Crippen LogP contribution in [0.1, 0.15) is 52.0 Å². The number of anilines is 1. The predicted octanol–water partition coefficient (Wildman–Crippen LogP) is 3.60. The number of fused-ring (bicyclic) bond motifs is 1. The smallest absolute Gasteiger partial charge is 0.399 e. The normalized spacial score (nSPS) is 22.7. The summed E-state index contributed by atoms with van der Waals surface area (Å²) in [6.45, 7) is 8.30. The zero-order chi connectivity index (χ0) is 16.4. The predicted molar refractivity (Wildman–Crippen MR) is 96.1 cm³/mol. The molecule has 4 heteroatoms. The van der Waals surface area contributed by atoms with E-state index in [1.54, 1.807) is 0 Å². The summed E-state index contributed by atoms with van der Waals surface area (Å²) < 4.78 is 12.5. The summed E-state index contributed by atoms with van der Waals surface area (Å²) in [5.74, 6) is 0.654. The molecule has 0 radical (unpaired) electrons. The van der Waals surface area contributed by atoms with Crippen molar-refractivity contribution < 1.29 is 9.31 Å². The van der Waals surface area contributed by atoms with Gasteiger partial charge in [0, 0.05) is 16.5 Å². The van der Waals surface area contributed by atoms with Gasteiger partial charge in [-0.2, -0.15) is 0 Å². The van der Waals surface area contributed by atoms with Crippen LogP contribution in [0, 0.1) is 0 Å². The molecule has 1 saturated carbocycles. The van der Waals surface area contributed by atoms with Gasteiger partial charge >= 0.3 is 7.12 Å². The highest BCUT2D eigenvalue weighted by atomic mass is 16.7. The fourth-order valence-electron chi connectivity index (χ4n) is 3.35. The van der Waals surface area contributed by atoms with E-state index < -0.39 is 7.12 Å². The van der Waals surface area contributed by atoms with E-state index in [9.17, 15) is 0 Å². The number of benzene rings is 2. The maximum atomic E-state index is 6.51. The first-order valence-corrected chi connectivity index (χ1v) is 8.47. The summed E-state index contributed by atoms with van der Waals surface area (Å²) in [6, 6.07) is 10.6. The van der Waals surface area contributed by atoms with Crippen molar-refractivity contribution in [1.82, 2.24) is 0 Å². The van der Waals surface area contributed by atoms with Crippen LogP contribution >= 0.6 is 0 Å². The van der Waals surface area contributed by atoms with E-state index in [1.165, 1.54) is 23.8 Å². The van der Waals surface area contributed by atoms with E-state index in [1.807, 2.05) is 6.07 Å². The summed E-state index contributed by atoms with van der Waals surface area (Å²) in [4.78, 5) is 0. The Bertz CT molecular complexity index is 764. The highest BCUT2D eigenvalue weighted by Crippen LogP contribution is 2.44. The molecule has 1 heterocycles. The zero-order valence-electron chi connectivity index (χ0n) is 14.3. The Labute approximate surface area is 138 Å². The van der Waals surface area contributed by atoms with Crippen molar-refractivity contribution in [3.63, 3.8) is 0 Å². The third-order valence-corrected chi connectivity index (χ3v) is 5.67. The van der Waals surface area contributed by atoms with Crippen LogP contribution in [0.15, 0.2) is 30.3 Å². The summed E-state index contributed by atoms with van der Waals surface area (Å²) in [5.41, 5.74) is 8.95. The van der Waals surface area contributed by atoms with E-state index in [0.29, 0.717) is 5.92 Å². The van der Waals surface area contributed by atoms with Crippen LogP contribution in [0.4, 0.5) is 5.69 Å². The molecule has 2 aromatic rings. The molecule has 0 unspecified atom stereocenters. The van der Waals surface area contributed by atoms with E-state index in [-0.39, 0.29) is 11.2 Å². The SMILES string of the molecule is CC1(C)OB(c2cc(C3CC3)c3ccccc3c2N)OC1(C)C. The second-order valence-corrected chi connectivity index (χ2v) is 7.88. The van der Waals surface area contributed by atoms with Crippen LogP contribution in [0.3, 0.4) is 0 Å². The Hall–Kier alpha value is -1.52. The van der Waals surface area contributed by atoms with Gasteiger partial charge in [-0.25, -0.2) is 0 Å². The van der Waals surface area contributed by atoms with Crippen LogP contribution in [0.5, 0.6) is 0 Å². The Morgan fingerprint density at radius 3 is 2.13 bits per heavy atom. The molecule has 2 N–H and O–H groups in total. The summed E-state index contributed by atoms with van der Waals surface area (Å²) in [5, 5.41) is 2.38. The molecular formula is C19H24BNO2. The second kappa shape index (κ2) is 4.75. The average molecular weight is 309 g/mol. The van der Waals surface area contributed by atoms with Gasteiger partial charge in [-0.05, 0) is 57.4 Å². The number of nitrogen functional groups attached to an aromatic ring is 1. The monoisotopic (exact) mass is 309 g/mol. The lowest BCUT2D eigenvalue weighted by Gasteiger charge is -2.32. The number of nitrogens with two attached hydrogens (primary N) is 1. The quantitative estimate of drug-likeness (QED) is 0.681. The summed E-state index contributed by atoms with van der Waals surface area (Å²) in [6.07, 6.45) is 2.52. The van der Waals surface area contributed by atoms with Crippen molar-refractivity contribution in [2.75, 3.05) is 5.73 Å². The third-order valence-electron chi connectivity index (χ3n) is 5.67. The first kappa shape index (κ1) is 15.0. The van der Waals surface area contributed by atoms with Crippen molar-refractivity contribution in [2.24, 2.45) is 0 Å². The standard InChI is InChI=1S/C19H24BNO2/c1-18(2)19(3,4)23-20(22-18)16-11-15(12-9-10-12)13-7-5-6-8-14(13)17(16)21/h5-8,11-12H,9-10,21H2,1-4H3. The van der Waals surface area contributed by atoms with Gasteiger partial charge in [0.2, 0.25) is 0 Å². The maximum absolute atomic E-state index is 6.51. The van der Waals surface area contributed by atoms with Crippen molar-refractivity contribution in [1.29, 1.82) is 0 Å². The van der Waals surface area contributed by atoms with E-state index in [4.69, 9.17) is 15.0 Å². The molecule has 0 amide bonds. The lowest BCUT2D eigenvalue weighted by atomic mass is 9.75. The molecule has 0 atom stereocenters. The summed E-state index contributed by atoms with van der Waals surface area (Å²) in [7, 11) is -0.401. The lowest BCUT2D eigenvalue weighted by Crippen LogP contribution is -2.41. The average Bonchev–Trinajstić information content (AvgIpc) is 3.28. The molecule has 2 fully saturated rings. The van der Waals surface area contributed by atoms with Crippen LogP contribution in [-0.4, -0.2) is 18.3 Å². The minimum atomic E-state index is -0.401. The van der Waals surface area contributed by atoms with Crippen LogP contribution < -0.4 is 11.2 Å². The number of rotatable bonds is 2. The van der Waals surface area contributed by atoms with E-state index in [0.717, 1.165) is 16.5 Å². The largest absolute Gasteiger partial charge is 0.496 e. The number of hydrogen-bond acceptors (Lipinski definition) is 3. The first-order valence-electron chi connectivity index (χ1n) is 8.47.